The lowest BCUT2D eigenvalue weighted by Gasteiger charge is -2.18. The van der Waals surface area contributed by atoms with E-state index in [4.69, 9.17) is 24.3 Å². The molecule has 0 radical (unpaired) electrons. The van der Waals surface area contributed by atoms with Crippen molar-refractivity contribution in [2.24, 2.45) is 0 Å². The van der Waals surface area contributed by atoms with Gasteiger partial charge in [0.1, 0.15) is 17.0 Å². The minimum absolute atomic E-state index is 0.000786. The van der Waals surface area contributed by atoms with Gasteiger partial charge in [-0.25, -0.2) is 9.59 Å². The van der Waals surface area contributed by atoms with Crippen LogP contribution in [0.5, 0.6) is 5.75 Å². The average molecular weight is 444 g/mol. The predicted molar refractivity (Wildman–Crippen MR) is 115 cm³/mol. The van der Waals surface area contributed by atoms with E-state index in [1.165, 1.54) is 25.3 Å². The second kappa shape index (κ2) is 9.93. The van der Waals surface area contributed by atoms with Gasteiger partial charge in [-0.1, -0.05) is 12.1 Å². The van der Waals surface area contributed by atoms with E-state index in [1.807, 2.05) is 0 Å². The van der Waals surface area contributed by atoms with E-state index in [1.54, 1.807) is 65.8 Å². The molecule has 32 heavy (non-hydrogen) atoms. The van der Waals surface area contributed by atoms with Gasteiger partial charge in [-0.2, -0.15) is 9.78 Å². The van der Waals surface area contributed by atoms with Crippen molar-refractivity contribution >= 4 is 17.7 Å². The number of methoxy groups -OCH3 is 1. The molecular weight excluding hydrogens is 416 g/mol. The van der Waals surface area contributed by atoms with Crippen LogP contribution in [-0.4, -0.2) is 36.0 Å². The molecule has 8 heteroatoms. The zero-order chi connectivity index (χ0) is 24.1. The molecule has 2 rings (SSSR count). The molecule has 0 heterocycles. The number of hydrogen-bond acceptors (Lipinski definition) is 8. The van der Waals surface area contributed by atoms with Gasteiger partial charge in [0, 0.05) is 11.1 Å². The van der Waals surface area contributed by atoms with Crippen LogP contribution in [0.25, 0.3) is 0 Å². The zero-order valence-corrected chi connectivity index (χ0v) is 19.3. The van der Waals surface area contributed by atoms with Crippen LogP contribution in [0.4, 0.5) is 0 Å². The Balaban J connectivity index is 2.44. The molecule has 2 aromatic rings. The van der Waals surface area contributed by atoms with E-state index >= 15 is 0 Å². The fourth-order valence-corrected chi connectivity index (χ4v) is 2.38. The number of rotatable bonds is 7. The smallest absolute Gasteiger partial charge is 0.373 e. The standard InChI is InChI=1S/C24H28O8/c1-23(2,3)31-29-21(26)16-11-12-18(19(14-16)22(27)30-32-24(4,5)6)20(25)15-9-8-10-17(13-15)28-7/h8-14H,1-7H3. The van der Waals surface area contributed by atoms with Gasteiger partial charge in [0.15, 0.2) is 5.78 Å². The van der Waals surface area contributed by atoms with Crippen LogP contribution >= 0.6 is 0 Å². The summed E-state index contributed by atoms with van der Waals surface area (Å²) < 4.78 is 5.16. The number of hydrogen-bond donors (Lipinski definition) is 0. The van der Waals surface area contributed by atoms with E-state index in [0.717, 1.165) is 0 Å². The number of benzene rings is 2. The predicted octanol–water partition coefficient (Wildman–Crippen LogP) is 4.70. The molecule has 0 aliphatic rings. The normalized spacial score (nSPS) is 11.6. The van der Waals surface area contributed by atoms with Gasteiger partial charge >= 0.3 is 11.9 Å². The summed E-state index contributed by atoms with van der Waals surface area (Å²) >= 11 is 0. The summed E-state index contributed by atoms with van der Waals surface area (Å²) in [5.41, 5.74) is -1.34. The van der Waals surface area contributed by atoms with Crippen LogP contribution in [0.3, 0.4) is 0 Å². The van der Waals surface area contributed by atoms with E-state index in [9.17, 15) is 14.4 Å². The van der Waals surface area contributed by atoms with Crippen LogP contribution in [-0.2, 0) is 19.6 Å². The Labute approximate surface area is 187 Å². The number of carbonyl (C=O) groups is 3. The molecule has 0 aliphatic heterocycles. The molecule has 0 saturated heterocycles. The molecule has 8 nitrogen and oxygen atoms in total. The molecular formula is C24H28O8. The van der Waals surface area contributed by atoms with Crippen molar-refractivity contribution in [2.45, 2.75) is 52.7 Å². The summed E-state index contributed by atoms with van der Waals surface area (Å²) in [5.74, 6) is -1.74. The van der Waals surface area contributed by atoms with Crippen molar-refractivity contribution in [1.82, 2.24) is 0 Å². The molecule has 0 atom stereocenters. The maximum atomic E-state index is 13.1. The fraction of sp³-hybridized carbons (Fsp3) is 0.375. The SMILES string of the molecule is COc1cccc(C(=O)c2ccc(C(=O)OOC(C)(C)C)cc2C(=O)OOC(C)(C)C)c1. The molecule has 0 unspecified atom stereocenters. The summed E-state index contributed by atoms with van der Waals surface area (Å²) in [6.07, 6.45) is 0. The largest absolute Gasteiger partial charge is 0.497 e. The van der Waals surface area contributed by atoms with Gasteiger partial charge in [0.05, 0.1) is 18.2 Å². The van der Waals surface area contributed by atoms with Crippen molar-refractivity contribution in [1.29, 1.82) is 0 Å². The molecule has 172 valence electrons. The van der Waals surface area contributed by atoms with E-state index < -0.39 is 28.9 Å². The molecule has 0 spiro atoms. The third-order valence-electron chi connectivity index (χ3n) is 3.79. The maximum Gasteiger partial charge on any atom is 0.373 e. The molecule has 0 saturated carbocycles. The highest BCUT2D eigenvalue weighted by molar-refractivity contribution is 6.15. The third kappa shape index (κ3) is 7.18. The van der Waals surface area contributed by atoms with Gasteiger partial charge in [-0.05, 0) is 71.9 Å². The summed E-state index contributed by atoms with van der Waals surface area (Å²) in [6, 6.07) is 10.4. The van der Waals surface area contributed by atoms with Gasteiger partial charge in [0.2, 0.25) is 0 Å². The summed E-state index contributed by atoms with van der Waals surface area (Å²) in [4.78, 5) is 58.2. The Morgan fingerprint density at radius 2 is 1.28 bits per heavy atom. The number of ether oxygens (including phenoxy) is 1. The lowest BCUT2D eigenvalue weighted by Crippen LogP contribution is -2.24. The molecule has 0 aromatic heterocycles. The molecule has 0 N–H and O–H groups in total. The summed E-state index contributed by atoms with van der Waals surface area (Å²) in [7, 11) is 1.48. The first kappa shape index (κ1) is 25.0. The van der Waals surface area contributed by atoms with Crippen LogP contribution in [0.1, 0.15) is 78.2 Å². The van der Waals surface area contributed by atoms with Crippen molar-refractivity contribution in [3.8, 4) is 5.75 Å². The highest BCUT2D eigenvalue weighted by atomic mass is 17.2. The lowest BCUT2D eigenvalue weighted by molar-refractivity contribution is -0.301. The first-order chi connectivity index (χ1) is 14.8. The second-order valence-electron chi connectivity index (χ2n) is 8.95. The van der Waals surface area contributed by atoms with Crippen LogP contribution in [0.2, 0.25) is 0 Å². The fourth-order valence-electron chi connectivity index (χ4n) is 2.38. The molecule has 0 aliphatic carbocycles. The Morgan fingerprint density at radius 3 is 1.84 bits per heavy atom. The minimum atomic E-state index is -0.933. The van der Waals surface area contributed by atoms with Crippen molar-refractivity contribution < 1.29 is 38.7 Å². The number of carbonyl (C=O) groups excluding carboxylic acids is 3. The van der Waals surface area contributed by atoms with Gasteiger partial charge in [0.25, 0.3) is 0 Å². The van der Waals surface area contributed by atoms with E-state index in [0.29, 0.717) is 11.3 Å². The van der Waals surface area contributed by atoms with Crippen LogP contribution in [0, 0.1) is 0 Å². The minimum Gasteiger partial charge on any atom is -0.497 e. The Hall–Kier alpha value is -3.23. The van der Waals surface area contributed by atoms with Gasteiger partial charge in [-0.15, -0.1) is 0 Å². The Bertz CT molecular complexity index is 996. The lowest BCUT2D eigenvalue weighted by atomic mass is 9.96. The summed E-state index contributed by atoms with van der Waals surface area (Å²) in [5, 5.41) is 0. The molecule has 0 amide bonds. The van der Waals surface area contributed by atoms with Crippen LogP contribution < -0.4 is 4.74 Å². The second-order valence-corrected chi connectivity index (χ2v) is 8.95. The zero-order valence-electron chi connectivity index (χ0n) is 19.3. The Kier molecular flexibility index (Phi) is 7.77. The van der Waals surface area contributed by atoms with Crippen molar-refractivity contribution in [3.63, 3.8) is 0 Å². The first-order valence-electron chi connectivity index (χ1n) is 9.93. The van der Waals surface area contributed by atoms with E-state index in [-0.39, 0.29) is 16.7 Å². The topological polar surface area (TPSA) is 97.4 Å². The monoisotopic (exact) mass is 444 g/mol. The highest BCUT2D eigenvalue weighted by Crippen LogP contribution is 2.22. The van der Waals surface area contributed by atoms with Gasteiger partial charge < -0.3 is 4.74 Å². The summed E-state index contributed by atoms with van der Waals surface area (Å²) in [6.45, 7) is 10.2. The van der Waals surface area contributed by atoms with Crippen LogP contribution in [0.15, 0.2) is 42.5 Å². The first-order valence-corrected chi connectivity index (χ1v) is 9.93. The number of ketones is 1. The Morgan fingerprint density at radius 1 is 0.688 bits per heavy atom. The quantitative estimate of drug-likeness (QED) is 0.344. The highest BCUT2D eigenvalue weighted by Gasteiger charge is 2.26. The molecule has 0 fully saturated rings. The van der Waals surface area contributed by atoms with Crippen molar-refractivity contribution in [3.05, 3.63) is 64.7 Å². The third-order valence-corrected chi connectivity index (χ3v) is 3.79. The van der Waals surface area contributed by atoms with Gasteiger partial charge in [-0.3, -0.25) is 14.6 Å². The van der Waals surface area contributed by atoms with E-state index in [2.05, 4.69) is 0 Å². The molecule has 0 bridgehead atoms. The average Bonchev–Trinajstić information content (AvgIpc) is 2.73. The maximum absolute atomic E-state index is 13.1. The molecule has 2 aromatic carbocycles. The van der Waals surface area contributed by atoms with Crippen molar-refractivity contribution in [2.75, 3.05) is 7.11 Å².